The van der Waals surface area contributed by atoms with E-state index in [1.165, 1.54) is 0 Å². The fourth-order valence-electron chi connectivity index (χ4n) is 2.64. The van der Waals surface area contributed by atoms with Crippen LogP contribution in [0.2, 0.25) is 0 Å². The Balaban J connectivity index is 1.85. The molecule has 3 unspecified atom stereocenters. The predicted molar refractivity (Wildman–Crippen MR) is 79.9 cm³/mol. The van der Waals surface area contributed by atoms with Crippen LogP contribution in [0.15, 0.2) is 18.2 Å². The lowest BCUT2D eigenvalue weighted by Crippen LogP contribution is -2.30. The summed E-state index contributed by atoms with van der Waals surface area (Å²) in [4.78, 5) is 0. The van der Waals surface area contributed by atoms with Crippen molar-refractivity contribution in [2.45, 2.75) is 31.8 Å². The molecule has 0 radical (unpaired) electrons. The molecule has 3 atom stereocenters. The van der Waals surface area contributed by atoms with Gasteiger partial charge in [0.1, 0.15) is 0 Å². The molecular formula is C15H21NO3S. The molecule has 0 bridgehead atoms. The Morgan fingerprint density at radius 2 is 2.05 bits per heavy atom. The van der Waals surface area contributed by atoms with E-state index in [4.69, 9.17) is 9.47 Å². The van der Waals surface area contributed by atoms with E-state index >= 15 is 0 Å². The second-order valence-corrected chi connectivity index (χ2v) is 7.10. The van der Waals surface area contributed by atoms with Gasteiger partial charge in [-0.25, -0.2) is 0 Å². The zero-order valence-electron chi connectivity index (χ0n) is 11.8. The molecule has 1 saturated heterocycles. The fourth-order valence-corrected chi connectivity index (χ4v) is 4.08. The molecule has 0 spiro atoms. The van der Waals surface area contributed by atoms with Gasteiger partial charge in [-0.15, -0.1) is 0 Å². The summed E-state index contributed by atoms with van der Waals surface area (Å²) in [6.07, 6.45) is 1.88. The molecule has 20 heavy (non-hydrogen) atoms. The molecule has 2 aliphatic rings. The van der Waals surface area contributed by atoms with Crippen molar-refractivity contribution in [1.29, 1.82) is 0 Å². The van der Waals surface area contributed by atoms with Crippen LogP contribution in [-0.2, 0) is 10.8 Å². The number of nitrogens with one attached hydrogen (secondary N) is 1. The molecule has 1 aromatic carbocycles. The lowest BCUT2D eigenvalue weighted by atomic mass is 10.1. The summed E-state index contributed by atoms with van der Waals surface area (Å²) in [7, 11) is -0.749. The highest BCUT2D eigenvalue weighted by atomic mass is 32.2. The average molecular weight is 295 g/mol. The van der Waals surface area contributed by atoms with Gasteiger partial charge in [0, 0.05) is 40.8 Å². The number of benzene rings is 1. The van der Waals surface area contributed by atoms with Crippen LogP contribution in [0.3, 0.4) is 0 Å². The minimum Gasteiger partial charge on any atom is -0.490 e. The minimum atomic E-state index is -0.749. The zero-order chi connectivity index (χ0) is 13.9. The molecule has 110 valence electrons. The van der Waals surface area contributed by atoms with E-state index in [-0.39, 0.29) is 6.04 Å². The molecule has 0 aliphatic carbocycles. The Bertz CT molecular complexity index is 506. The van der Waals surface area contributed by atoms with Gasteiger partial charge < -0.3 is 14.8 Å². The number of ether oxygens (including phenoxy) is 2. The molecule has 3 rings (SSSR count). The van der Waals surface area contributed by atoms with Crippen LogP contribution in [0.5, 0.6) is 11.5 Å². The maximum absolute atomic E-state index is 12.0. The van der Waals surface area contributed by atoms with Crippen LogP contribution >= 0.6 is 0 Å². The van der Waals surface area contributed by atoms with Crippen LogP contribution < -0.4 is 14.8 Å². The van der Waals surface area contributed by atoms with Crippen molar-refractivity contribution >= 4 is 10.8 Å². The zero-order valence-corrected chi connectivity index (χ0v) is 12.6. The standard InChI is InChI=1S/C15H21NO3S/c1-11-5-8-20(17)10-13(16-11)12-3-4-14-15(9-12)19-7-2-6-18-14/h3-4,9,11,13,16H,2,5-8,10H2,1H3. The highest BCUT2D eigenvalue weighted by Crippen LogP contribution is 2.33. The summed E-state index contributed by atoms with van der Waals surface area (Å²) in [6, 6.07) is 6.58. The Morgan fingerprint density at radius 3 is 2.90 bits per heavy atom. The van der Waals surface area contributed by atoms with Crippen molar-refractivity contribution in [3.8, 4) is 11.5 Å². The first-order valence-electron chi connectivity index (χ1n) is 7.23. The topological polar surface area (TPSA) is 47.6 Å². The third-order valence-electron chi connectivity index (χ3n) is 3.79. The third kappa shape index (κ3) is 3.15. The highest BCUT2D eigenvalue weighted by molar-refractivity contribution is 7.85. The summed E-state index contributed by atoms with van der Waals surface area (Å²) < 4.78 is 23.4. The van der Waals surface area contributed by atoms with Crippen molar-refractivity contribution < 1.29 is 13.7 Å². The first kappa shape index (κ1) is 13.9. The Morgan fingerprint density at radius 1 is 1.25 bits per heavy atom. The van der Waals surface area contributed by atoms with Crippen molar-refractivity contribution in [2.24, 2.45) is 0 Å². The van der Waals surface area contributed by atoms with Crippen LogP contribution in [0.4, 0.5) is 0 Å². The number of fused-ring (bicyclic) bond motifs is 1. The third-order valence-corrected chi connectivity index (χ3v) is 5.19. The van der Waals surface area contributed by atoms with Gasteiger partial charge in [0.2, 0.25) is 0 Å². The Kier molecular flexibility index (Phi) is 4.27. The molecular weight excluding hydrogens is 274 g/mol. The second kappa shape index (κ2) is 6.14. The average Bonchev–Trinajstić information content (AvgIpc) is 2.77. The Hall–Kier alpha value is -1.07. The van der Waals surface area contributed by atoms with Gasteiger partial charge in [-0.05, 0) is 31.0 Å². The van der Waals surface area contributed by atoms with Gasteiger partial charge in [0.25, 0.3) is 0 Å². The highest BCUT2D eigenvalue weighted by Gasteiger charge is 2.23. The molecule has 1 fully saturated rings. The summed E-state index contributed by atoms with van der Waals surface area (Å²) in [5.41, 5.74) is 1.14. The van der Waals surface area contributed by atoms with E-state index in [0.717, 1.165) is 35.7 Å². The molecule has 1 aromatic rings. The van der Waals surface area contributed by atoms with Gasteiger partial charge in [-0.1, -0.05) is 6.07 Å². The van der Waals surface area contributed by atoms with Gasteiger partial charge in [0.15, 0.2) is 11.5 Å². The molecule has 0 aromatic heterocycles. The first-order valence-corrected chi connectivity index (χ1v) is 8.72. The summed E-state index contributed by atoms with van der Waals surface area (Å²) >= 11 is 0. The van der Waals surface area contributed by atoms with Gasteiger partial charge in [-0.2, -0.15) is 0 Å². The van der Waals surface area contributed by atoms with Gasteiger partial charge >= 0.3 is 0 Å². The normalized spacial score (nSPS) is 30.4. The SMILES string of the molecule is CC1CCS(=O)CC(c2ccc3c(c2)OCCCO3)N1. The van der Waals surface area contributed by atoms with Crippen LogP contribution in [0.25, 0.3) is 0 Å². The first-order chi connectivity index (χ1) is 9.72. The maximum atomic E-state index is 12.0. The quantitative estimate of drug-likeness (QED) is 0.861. The van der Waals surface area contributed by atoms with E-state index in [0.29, 0.717) is 25.0 Å². The summed E-state index contributed by atoms with van der Waals surface area (Å²) in [5, 5.41) is 3.56. The van der Waals surface area contributed by atoms with E-state index in [1.54, 1.807) is 0 Å². The smallest absolute Gasteiger partial charge is 0.161 e. The van der Waals surface area contributed by atoms with E-state index < -0.39 is 10.8 Å². The van der Waals surface area contributed by atoms with Crippen LogP contribution in [-0.4, -0.2) is 35.0 Å². The molecule has 0 saturated carbocycles. The lowest BCUT2D eigenvalue weighted by molar-refractivity contribution is 0.297. The number of rotatable bonds is 1. The maximum Gasteiger partial charge on any atom is 0.161 e. The minimum absolute atomic E-state index is 0.130. The molecule has 4 nitrogen and oxygen atoms in total. The second-order valence-electron chi connectivity index (χ2n) is 5.48. The summed E-state index contributed by atoms with van der Waals surface area (Å²) in [6.45, 7) is 3.55. The predicted octanol–water partition coefficient (Wildman–Crippen LogP) is 2.02. The fraction of sp³-hybridized carbons (Fsp3) is 0.600. The number of hydrogen-bond acceptors (Lipinski definition) is 4. The molecule has 2 aliphatic heterocycles. The van der Waals surface area contributed by atoms with Crippen molar-refractivity contribution in [1.82, 2.24) is 5.32 Å². The molecule has 0 amide bonds. The van der Waals surface area contributed by atoms with E-state index in [2.05, 4.69) is 18.3 Å². The van der Waals surface area contributed by atoms with Crippen LogP contribution in [0.1, 0.15) is 31.4 Å². The number of hydrogen-bond donors (Lipinski definition) is 1. The van der Waals surface area contributed by atoms with Crippen molar-refractivity contribution in [2.75, 3.05) is 24.7 Å². The molecule has 1 N–H and O–H groups in total. The monoisotopic (exact) mass is 295 g/mol. The van der Waals surface area contributed by atoms with E-state index in [9.17, 15) is 4.21 Å². The lowest BCUT2D eigenvalue weighted by Gasteiger charge is -2.20. The molecule has 2 heterocycles. The van der Waals surface area contributed by atoms with Gasteiger partial charge in [-0.3, -0.25) is 4.21 Å². The van der Waals surface area contributed by atoms with E-state index in [1.807, 2.05) is 12.1 Å². The van der Waals surface area contributed by atoms with Crippen molar-refractivity contribution in [3.63, 3.8) is 0 Å². The van der Waals surface area contributed by atoms with Crippen LogP contribution in [0, 0.1) is 0 Å². The largest absolute Gasteiger partial charge is 0.490 e. The molecule has 5 heteroatoms. The Labute approximate surface area is 122 Å². The van der Waals surface area contributed by atoms with Crippen molar-refractivity contribution in [3.05, 3.63) is 23.8 Å². The summed E-state index contributed by atoms with van der Waals surface area (Å²) in [5.74, 6) is 3.08. The van der Waals surface area contributed by atoms with Gasteiger partial charge in [0.05, 0.1) is 13.2 Å².